The monoisotopic (exact) mass is 280 g/mol. The van der Waals surface area contributed by atoms with E-state index in [1.807, 2.05) is 6.07 Å². The highest BCUT2D eigenvalue weighted by atomic mass is 16.5. The molecule has 0 bridgehead atoms. The van der Waals surface area contributed by atoms with E-state index in [1.165, 1.54) is 18.5 Å². The zero-order valence-corrected chi connectivity index (χ0v) is 10.6. The molecule has 0 radical (unpaired) electrons. The summed E-state index contributed by atoms with van der Waals surface area (Å²) in [5.41, 5.74) is 0.404. The third-order valence-electron chi connectivity index (χ3n) is 2.87. The molecule has 1 N–H and O–H groups in total. The number of nitrogens with zero attached hydrogens (tertiary/aromatic N) is 2. The molecule has 0 aliphatic rings. The number of carboxylic acid groups (broad SMARTS) is 1. The highest BCUT2D eigenvalue weighted by molar-refractivity contribution is 5.91. The Bertz CT molecular complexity index is 877. The molecule has 0 unspecified atom stereocenters. The van der Waals surface area contributed by atoms with E-state index < -0.39 is 5.97 Å². The number of ether oxygens (including phenoxy) is 1. The molecule has 3 aromatic rings. The van der Waals surface area contributed by atoms with Gasteiger partial charge in [-0.2, -0.15) is 5.26 Å². The van der Waals surface area contributed by atoms with Crippen LogP contribution in [0.3, 0.4) is 0 Å². The van der Waals surface area contributed by atoms with Crippen molar-refractivity contribution >= 4 is 16.9 Å². The molecule has 0 aliphatic carbocycles. The lowest BCUT2D eigenvalue weighted by Gasteiger charge is -2.06. The minimum absolute atomic E-state index is 0.00986. The van der Waals surface area contributed by atoms with Crippen molar-refractivity contribution in [3.8, 4) is 17.6 Å². The molecular weight excluding hydrogens is 272 g/mol. The normalized spacial score (nSPS) is 10.2. The Kier molecular flexibility index (Phi) is 3.01. The third-order valence-corrected chi connectivity index (χ3v) is 2.87. The van der Waals surface area contributed by atoms with Crippen LogP contribution >= 0.6 is 0 Å². The summed E-state index contributed by atoms with van der Waals surface area (Å²) in [6.45, 7) is 0. The van der Waals surface area contributed by atoms with E-state index in [0.29, 0.717) is 11.0 Å². The van der Waals surface area contributed by atoms with Gasteiger partial charge in [0.2, 0.25) is 5.76 Å². The zero-order chi connectivity index (χ0) is 14.8. The lowest BCUT2D eigenvalue weighted by molar-refractivity contribution is 0.0693. The first-order chi connectivity index (χ1) is 10.2. The number of hydrogen-bond acceptors (Lipinski definition) is 5. The van der Waals surface area contributed by atoms with Crippen molar-refractivity contribution in [1.29, 1.82) is 5.26 Å². The molecule has 1 aromatic carbocycles. The molecule has 2 aromatic heterocycles. The van der Waals surface area contributed by atoms with Crippen molar-refractivity contribution in [3.63, 3.8) is 0 Å². The van der Waals surface area contributed by atoms with Crippen molar-refractivity contribution in [3.05, 3.63) is 54.0 Å². The second kappa shape index (κ2) is 4.98. The first-order valence-corrected chi connectivity index (χ1v) is 5.97. The predicted molar refractivity (Wildman–Crippen MR) is 72.2 cm³/mol. The Morgan fingerprint density at radius 3 is 2.90 bits per heavy atom. The highest BCUT2D eigenvalue weighted by Crippen LogP contribution is 2.36. The molecular formula is C15H8N2O4. The molecule has 21 heavy (non-hydrogen) atoms. The van der Waals surface area contributed by atoms with Crippen LogP contribution in [-0.2, 0) is 0 Å². The maximum atomic E-state index is 11.2. The number of benzene rings is 1. The SMILES string of the molecule is N#Cc1oc2ccccc2c1Oc1ccncc1C(=O)O. The fraction of sp³-hybridized carbons (Fsp3) is 0. The number of furan rings is 1. The van der Waals surface area contributed by atoms with Gasteiger partial charge in [0.1, 0.15) is 23.0 Å². The van der Waals surface area contributed by atoms with E-state index in [1.54, 1.807) is 24.3 Å². The van der Waals surface area contributed by atoms with Crippen molar-refractivity contribution in [2.24, 2.45) is 0 Å². The molecule has 0 amide bonds. The number of fused-ring (bicyclic) bond motifs is 1. The molecule has 6 heteroatoms. The summed E-state index contributed by atoms with van der Waals surface area (Å²) in [5.74, 6) is -0.879. The van der Waals surface area contributed by atoms with Gasteiger partial charge >= 0.3 is 5.97 Å². The fourth-order valence-electron chi connectivity index (χ4n) is 1.94. The number of aromatic carboxylic acids is 1. The topological polar surface area (TPSA) is 96.4 Å². The molecule has 3 rings (SSSR count). The first-order valence-electron chi connectivity index (χ1n) is 5.97. The summed E-state index contributed by atoms with van der Waals surface area (Å²) in [5, 5.41) is 18.8. The predicted octanol–water partition coefficient (Wildman–Crippen LogP) is 3.19. The highest BCUT2D eigenvalue weighted by Gasteiger charge is 2.19. The lowest BCUT2D eigenvalue weighted by atomic mass is 10.2. The summed E-state index contributed by atoms with van der Waals surface area (Å²) in [4.78, 5) is 14.9. The molecule has 0 aliphatic heterocycles. The van der Waals surface area contributed by atoms with Gasteiger partial charge in [-0.25, -0.2) is 4.79 Å². The van der Waals surface area contributed by atoms with Gasteiger partial charge in [0.25, 0.3) is 0 Å². The Morgan fingerprint density at radius 2 is 2.14 bits per heavy atom. The molecule has 0 saturated heterocycles. The average Bonchev–Trinajstić information content (AvgIpc) is 2.86. The van der Waals surface area contributed by atoms with E-state index >= 15 is 0 Å². The van der Waals surface area contributed by atoms with Crippen LogP contribution < -0.4 is 4.74 Å². The lowest BCUT2D eigenvalue weighted by Crippen LogP contribution is -2.00. The molecule has 102 valence electrons. The number of aromatic nitrogens is 1. The zero-order valence-electron chi connectivity index (χ0n) is 10.6. The van der Waals surface area contributed by atoms with Gasteiger partial charge in [-0.3, -0.25) is 4.98 Å². The Labute approximate surface area is 118 Å². The summed E-state index contributed by atoms with van der Waals surface area (Å²) in [6.07, 6.45) is 2.60. The maximum absolute atomic E-state index is 11.2. The average molecular weight is 280 g/mol. The smallest absolute Gasteiger partial charge is 0.341 e. The van der Waals surface area contributed by atoms with E-state index in [-0.39, 0.29) is 22.8 Å². The standard InChI is InChI=1S/C15H8N2O4/c16-7-13-14(9-3-1-2-4-11(9)20-13)21-12-5-6-17-8-10(12)15(18)19/h1-6,8H,(H,18,19). The van der Waals surface area contributed by atoms with E-state index in [9.17, 15) is 4.79 Å². The van der Waals surface area contributed by atoms with Crippen LogP contribution in [0.15, 0.2) is 47.1 Å². The van der Waals surface area contributed by atoms with Crippen LogP contribution in [0.25, 0.3) is 11.0 Å². The van der Waals surface area contributed by atoms with Crippen LogP contribution in [-0.4, -0.2) is 16.1 Å². The van der Waals surface area contributed by atoms with Crippen LogP contribution in [0.4, 0.5) is 0 Å². The van der Waals surface area contributed by atoms with Crippen molar-refractivity contribution in [1.82, 2.24) is 4.98 Å². The molecule has 0 atom stereocenters. The van der Waals surface area contributed by atoms with Gasteiger partial charge in [-0.1, -0.05) is 12.1 Å². The quantitative estimate of drug-likeness (QED) is 0.791. The van der Waals surface area contributed by atoms with E-state index in [4.69, 9.17) is 19.5 Å². The Balaban J connectivity index is 2.15. The minimum atomic E-state index is -1.16. The van der Waals surface area contributed by atoms with Gasteiger partial charge in [0.15, 0.2) is 5.75 Å². The third kappa shape index (κ3) is 2.17. The number of nitriles is 1. The molecule has 0 spiro atoms. The van der Waals surface area contributed by atoms with Crippen LogP contribution in [0.5, 0.6) is 11.5 Å². The fourth-order valence-corrected chi connectivity index (χ4v) is 1.94. The number of pyridine rings is 1. The summed E-state index contributed by atoms with van der Waals surface area (Å²) >= 11 is 0. The number of carboxylic acids is 1. The summed E-state index contributed by atoms with van der Waals surface area (Å²) in [6, 6.07) is 10.3. The van der Waals surface area contributed by atoms with Gasteiger partial charge in [0, 0.05) is 18.5 Å². The van der Waals surface area contributed by atoms with Crippen molar-refractivity contribution < 1.29 is 19.1 Å². The van der Waals surface area contributed by atoms with E-state index in [0.717, 1.165) is 0 Å². The molecule has 2 heterocycles. The largest absolute Gasteiger partial charge is 0.477 e. The number of para-hydroxylation sites is 1. The number of carbonyl (C=O) groups is 1. The first kappa shape index (κ1) is 12.7. The van der Waals surface area contributed by atoms with Crippen LogP contribution in [0, 0.1) is 11.3 Å². The minimum Gasteiger partial charge on any atom is -0.477 e. The number of hydrogen-bond donors (Lipinski definition) is 1. The molecule has 0 saturated carbocycles. The van der Waals surface area contributed by atoms with Gasteiger partial charge in [-0.15, -0.1) is 0 Å². The Hall–Kier alpha value is -3.33. The number of rotatable bonds is 3. The maximum Gasteiger partial charge on any atom is 0.341 e. The van der Waals surface area contributed by atoms with E-state index in [2.05, 4.69) is 4.98 Å². The summed E-state index contributed by atoms with van der Waals surface area (Å²) in [7, 11) is 0. The second-order valence-corrected chi connectivity index (χ2v) is 4.15. The summed E-state index contributed by atoms with van der Waals surface area (Å²) < 4.78 is 11.0. The molecule has 6 nitrogen and oxygen atoms in total. The molecule has 0 fully saturated rings. The van der Waals surface area contributed by atoms with Crippen molar-refractivity contribution in [2.75, 3.05) is 0 Å². The van der Waals surface area contributed by atoms with Crippen LogP contribution in [0.1, 0.15) is 16.1 Å². The second-order valence-electron chi connectivity index (χ2n) is 4.15. The van der Waals surface area contributed by atoms with Gasteiger partial charge in [-0.05, 0) is 12.1 Å². The van der Waals surface area contributed by atoms with Crippen LogP contribution in [0.2, 0.25) is 0 Å². The van der Waals surface area contributed by atoms with Gasteiger partial charge < -0.3 is 14.3 Å². The van der Waals surface area contributed by atoms with Crippen molar-refractivity contribution in [2.45, 2.75) is 0 Å². The van der Waals surface area contributed by atoms with Gasteiger partial charge in [0.05, 0.1) is 5.39 Å². The Morgan fingerprint density at radius 1 is 1.33 bits per heavy atom.